The van der Waals surface area contributed by atoms with Gasteiger partial charge in [0.2, 0.25) is 0 Å². The van der Waals surface area contributed by atoms with Crippen molar-refractivity contribution in [2.24, 2.45) is 17.8 Å². The summed E-state index contributed by atoms with van der Waals surface area (Å²) in [6.07, 6.45) is 12.2. The minimum atomic E-state index is -0.0906. The van der Waals surface area contributed by atoms with Crippen LogP contribution in [0.15, 0.2) is 0 Å². The van der Waals surface area contributed by atoms with Gasteiger partial charge in [-0.1, -0.05) is 65.7 Å². The highest BCUT2D eigenvalue weighted by atomic mass is 16.3. The summed E-state index contributed by atoms with van der Waals surface area (Å²) >= 11 is 0. The van der Waals surface area contributed by atoms with Crippen LogP contribution in [0.2, 0.25) is 0 Å². The lowest BCUT2D eigenvalue weighted by molar-refractivity contribution is 0.108. The van der Waals surface area contributed by atoms with Crippen LogP contribution in [0.25, 0.3) is 0 Å². The largest absolute Gasteiger partial charge is 0.393 e. The van der Waals surface area contributed by atoms with Gasteiger partial charge in [-0.05, 0) is 30.6 Å². The Morgan fingerprint density at radius 3 is 2.18 bits per heavy atom. The van der Waals surface area contributed by atoms with Crippen LogP contribution in [0.1, 0.15) is 78.6 Å². The normalized spacial score (nSPS) is 21.7. The van der Waals surface area contributed by atoms with Gasteiger partial charge in [-0.25, -0.2) is 0 Å². The van der Waals surface area contributed by atoms with Gasteiger partial charge < -0.3 is 5.11 Å². The number of aliphatic hydroxyl groups is 1. The van der Waals surface area contributed by atoms with E-state index in [-0.39, 0.29) is 6.10 Å². The summed E-state index contributed by atoms with van der Waals surface area (Å²) in [7, 11) is 0. The molecule has 0 spiro atoms. The lowest BCUT2D eigenvalue weighted by Gasteiger charge is -2.23. The van der Waals surface area contributed by atoms with E-state index in [4.69, 9.17) is 0 Å². The summed E-state index contributed by atoms with van der Waals surface area (Å²) in [5.74, 6) is 2.23. The van der Waals surface area contributed by atoms with E-state index in [1.807, 2.05) is 0 Å². The van der Waals surface area contributed by atoms with Gasteiger partial charge in [-0.15, -0.1) is 0 Å². The molecule has 102 valence electrons. The maximum atomic E-state index is 9.79. The van der Waals surface area contributed by atoms with Crippen molar-refractivity contribution in [1.82, 2.24) is 0 Å². The zero-order valence-corrected chi connectivity index (χ0v) is 12.1. The standard InChI is InChI=1S/C16H32O/c1-13(2)16(17)12-10-14(3)9-11-15-7-5-4-6-8-15/h13-17H,4-12H2,1-3H3. The third kappa shape index (κ3) is 6.45. The molecule has 1 aliphatic rings. The first-order chi connectivity index (χ1) is 8.09. The summed E-state index contributed by atoms with van der Waals surface area (Å²) in [5, 5.41) is 9.79. The lowest BCUT2D eigenvalue weighted by Crippen LogP contribution is -2.16. The third-order valence-corrected chi connectivity index (χ3v) is 4.52. The zero-order valence-electron chi connectivity index (χ0n) is 12.1. The quantitative estimate of drug-likeness (QED) is 0.679. The topological polar surface area (TPSA) is 20.2 Å². The maximum absolute atomic E-state index is 9.79. The van der Waals surface area contributed by atoms with Gasteiger partial charge in [0.25, 0.3) is 0 Å². The van der Waals surface area contributed by atoms with Crippen LogP contribution in [0.5, 0.6) is 0 Å². The van der Waals surface area contributed by atoms with Crippen molar-refractivity contribution in [1.29, 1.82) is 0 Å². The smallest absolute Gasteiger partial charge is 0.0563 e. The molecule has 0 aromatic carbocycles. The van der Waals surface area contributed by atoms with Gasteiger partial charge in [0.15, 0.2) is 0 Å². The number of hydrogen-bond acceptors (Lipinski definition) is 1. The lowest BCUT2D eigenvalue weighted by atomic mass is 9.83. The Morgan fingerprint density at radius 1 is 0.941 bits per heavy atom. The SMILES string of the molecule is CC(CCC1CCCCC1)CCC(O)C(C)C. The highest BCUT2D eigenvalue weighted by Crippen LogP contribution is 2.29. The molecule has 0 heterocycles. The first kappa shape index (κ1) is 15.0. The van der Waals surface area contributed by atoms with E-state index >= 15 is 0 Å². The molecule has 1 rings (SSSR count). The number of rotatable bonds is 7. The van der Waals surface area contributed by atoms with Gasteiger partial charge in [0, 0.05) is 0 Å². The molecular weight excluding hydrogens is 208 g/mol. The van der Waals surface area contributed by atoms with Crippen LogP contribution in [-0.2, 0) is 0 Å². The Labute approximate surface area is 108 Å². The molecule has 0 radical (unpaired) electrons. The molecule has 0 bridgehead atoms. The highest BCUT2D eigenvalue weighted by Gasteiger charge is 2.15. The van der Waals surface area contributed by atoms with E-state index in [1.165, 1.54) is 51.4 Å². The summed E-state index contributed by atoms with van der Waals surface area (Å²) in [5.41, 5.74) is 0. The minimum Gasteiger partial charge on any atom is -0.393 e. The number of hydrogen-bond donors (Lipinski definition) is 1. The van der Waals surface area contributed by atoms with E-state index in [1.54, 1.807) is 0 Å². The fourth-order valence-corrected chi connectivity index (χ4v) is 2.93. The van der Waals surface area contributed by atoms with Crippen LogP contribution in [0.3, 0.4) is 0 Å². The predicted octanol–water partition coefficient (Wildman–Crippen LogP) is 4.78. The second-order valence-corrected chi connectivity index (χ2v) is 6.58. The predicted molar refractivity (Wildman–Crippen MR) is 75.1 cm³/mol. The molecule has 1 saturated carbocycles. The van der Waals surface area contributed by atoms with E-state index in [0.717, 1.165) is 18.3 Å². The first-order valence-electron chi connectivity index (χ1n) is 7.77. The maximum Gasteiger partial charge on any atom is 0.0563 e. The fraction of sp³-hybridized carbons (Fsp3) is 1.00. The summed E-state index contributed by atoms with van der Waals surface area (Å²) in [4.78, 5) is 0. The van der Waals surface area contributed by atoms with Crippen molar-refractivity contribution >= 4 is 0 Å². The van der Waals surface area contributed by atoms with Crippen molar-refractivity contribution in [3.05, 3.63) is 0 Å². The highest BCUT2D eigenvalue weighted by molar-refractivity contribution is 4.68. The van der Waals surface area contributed by atoms with Crippen molar-refractivity contribution in [2.45, 2.75) is 84.7 Å². The summed E-state index contributed by atoms with van der Waals surface area (Å²) in [6.45, 7) is 6.57. The summed E-state index contributed by atoms with van der Waals surface area (Å²) < 4.78 is 0. The van der Waals surface area contributed by atoms with Crippen molar-refractivity contribution in [3.8, 4) is 0 Å². The average molecular weight is 240 g/mol. The van der Waals surface area contributed by atoms with Crippen molar-refractivity contribution in [3.63, 3.8) is 0 Å². The van der Waals surface area contributed by atoms with Gasteiger partial charge in [-0.2, -0.15) is 0 Å². The first-order valence-corrected chi connectivity index (χ1v) is 7.77. The Balaban J connectivity index is 2.05. The molecule has 1 fully saturated rings. The van der Waals surface area contributed by atoms with Crippen LogP contribution < -0.4 is 0 Å². The minimum absolute atomic E-state index is 0.0906. The average Bonchev–Trinajstić information content (AvgIpc) is 2.34. The second kappa shape index (κ2) is 8.13. The molecule has 2 atom stereocenters. The molecule has 0 saturated heterocycles. The molecule has 1 N–H and O–H groups in total. The van der Waals surface area contributed by atoms with E-state index < -0.39 is 0 Å². The fourth-order valence-electron chi connectivity index (χ4n) is 2.93. The Kier molecular flexibility index (Phi) is 7.18. The molecule has 0 amide bonds. The molecule has 1 nitrogen and oxygen atoms in total. The molecule has 0 aromatic rings. The monoisotopic (exact) mass is 240 g/mol. The van der Waals surface area contributed by atoms with Crippen LogP contribution in [0, 0.1) is 17.8 Å². The molecular formula is C16H32O. The molecule has 0 aliphatic heterocycles. The Morgan fingerprint density at radius 2 is 1.59 bits per heavy atom. The third-order valence-electron chi connectivity index (χ3n) is 4.52. The zero-order chi connectivity index (χ0) is 12.7. The molecule has 0 aromatic heterocycles. The van der Waals surface area contributed by atoms with E-state index in [0.29, 0.717) is 5.92 Å². The van der Waals surface area contributed by atoms with Gasteiger partial charge >= 0.3 is 0 Å². The molecule has 17 heavy (non-hydrogen) atoms. The van der Waals surface area contributed by atoms with E-state index in [2.05, 4.69) is 20.8 Å². The van der Waals surface area contributed by atoms with Gasteiger partial charge in [-0.3, -0.25) is 0 Å². The van der Waals surface area contributed by atoms with Gasteiger partial charge in [0.05, 0.1) is 6.10 Å². The molecule has 1 aliphatic carbocycles. The van der Waals surface area contributed by atoms with Crippen molar-refractivity contribution in [2.75, 3.05) is 0 Å². The molecule has 1 heteroatoms. The van der Waals surface area contributed by atoms with Crippen molar-refractivity contribution < 1.29 is 5.11 Å². The summed E-state index contributed by atoms with van der Waals surface area (Å²) in [6, 6.07) is 0. The van der Waals surface area contributed by atoms with Crippen LogP contribution in [-0.4, -0.2) is 11.2 Å². The second-order valence-electron chi connectivity index (χ2n) is 6.58. The Hall–Kier alpha value is -0.0400. The van der Waals surface area contributed by atoms with Crippen LogP contribution in [0.4, 0.5) is 0 Å². The van der Waals surface area contributed by atoms with E-state index in [9.17, 15) is 5.11 Å². The Bertz CT molecular complexity index is 182. The van der Waals surface area contributed by atoms with Crippen LogP contribution >= 0.6 is 0 Å². The molecule has 2 unspecified atom stereocenters. The van der Waals surface area contributed by atoms with Gasteiger partial charge in [0.1, 0.15) is 0 Å². The number of aliphatic hydroxyl groups excluding tert-OH is 1.